The summed E-state index contributed by atoms with van der Waals surface area (Å²) in [6, 6.07) is 0. The van der Waals surface area contributed by atoms with Crippen molar-refractivity contribution in [3.05, 3.63) is 11.9 Å². The minimum Gasteiger partial charge on any atom is -0.475 e. The van der Waals surface area contributed by atoms with Crippen LogP contribution in [0.3, 0.4) is 0 Å². The van der Waals surface area contributed by atoms with Crippen LogP contribution in [0.1, 0.15) is 36.7 Å². The van der Waals surface area contributed by atoms with E-state index in [9.17, 15) is 18.7 Å². The zero-order valence-corrected chi connectivity index (χ0v) is 15.7. The minimum atomic E-state index is -2.74. The molecule has 4 rings (SSSR count). The number of carbonyl (C=O) groups is 1. The molecular formula is C18H24F2N4O4. The normalized spacial score (nSPS) is 24.8. The van der Waals surface area contributed by atoms with Crippen molar-refractivity contribution in [2.24, 2.45) is 5.92 Å². The largest absolute Gasteiger partial charge is 0.475 e. The number of anilines is 1. The topological polar surface area (TPSA) is 88.0 Å². The van der Waals surface area contributed by atoms with E-state index in [-0.39, 0.29) is 29.4 Å². The summed E-state index contributed by atoms with van der Waals surface area (Å²) in [5.41, 5.74) is 0.111. The van der Waals surface area contributed by atoms with E-state index in [0.29, 0.717) is 32.0 Å². The van der Waals surface area contributed by atoms with Gasteiger partial charge in [0.1, 0.15) is 0 Å². The molecule has 1 aromatic heterocycles. The number of aromatic nitrogens is 2. The first kappa shape index (κ1) is 19.3. The van der Waals surface area contributed by atoms with Gasteiger partial charge in [-0.15, -0.1) is 0 Å². The van der Waals surface area contributed by atoms with Gasteiger partial charge in [-0.3, -0.25) is 4.79 Å². The fourth-order valence-electron chi connectivity index (χ4n) is 3.39. The van der Waals surface area contributed by atoms with Crippen molar-refractivity contribution in [3.63, 3.8) is 0 Å². The lowest BCUT2D eigenvalue weighted by Gasteiger charge is -2.39. The molecule has 1 aliphatic carbocycles. The van der Waals surface area contributed by atoms with Crippen molar-refractivity contribution < 1.29 is 28.2 Å². The Kier molecular flexibility index (Phi) is 5.09. The van der Waals surface area contributed by atoms with Crippen molar-refractivity contribution in [3.8, 4) is 5.88 Å². The molecule has 1 amide bonds. The molecule has 8 nitrogen and oxygen atoms in total. The van der Waals surface area contributed by atoms with E-state index < -0.39 is 25.3 Å². The molecule has 0 aromatic carbocycles. The van der Waals surface area contributed by atoms with Gasteiger partial charge in [-0.05, 0) is 32.1 Å². The first-order valence-electron chi connectivity index (χ1n) is 9.56. The summed E-state index contributed by atoms with van der Waals surface area (Å²) in [4.78, 5) is 24.3. The lowest BCUT2D eigenvalue weighted by Crippen LogP contribution is -2.56. The number of aliphatic hydroxyl groups is 1. The van der Waals surface area contributed by atoms with E-state index >= 15 is 0 Å². The number of alkyl halides is 2. The van der Waals surface area contributed by atoms with E-state index in [1.165, 1.54) is 18.0 Å². The third-order valence-electron chi connectivity index (χ3n) is 5.06. The highest BCUT2D eigenvalue weighted by atomic mass is 19.3. The summed E-state index contributed by atoms with van der Waals surface area (Å²) >= 11 is 0. The average molecular weight is 398 g/mol. The van der Waals surface area contributed by atoms with Gasteiger partial charge in [0.15, 0.2) is 17.8 Å². The van der Waals surface area contributed by atoms with Crippen molar-refractivity contribution >= 4 is 11.7 Å². The lowest BCUT2D eigenvalue weighted by molar-refractivity contribution is -0.118. The number of amides is 1. The summed E-state index contributed by atoms with van der Waals surface area (Å²) in [5, 5.41) is 9.33. The van der Waals surface area contributed by atoms with Gasteiger partial charge in [0.05, 0.1) is 32.0 Å². The Morgan fingerprint density at radius 1 is 1.39 bits per heavy atom. The highest BCUT2D eigenvalue weighted by Gasteiger charge is 2.46. The molecule has 1 saturated carbocycles. The number of hydrogen-bond acceptors (Lipinski definition) is 7. The molecule has 3 heterocycles. The molecule has 2 atom stereocenters. The van der Waals surface area contributed by atoms with Gasteiger partial charge in [-0.25, -0.2) is 18.7 Å². The third kappa shape index (κ3) is 4.33. The SMILES string of the molecule is CC(O)OC1CCN(C(=O)c2cnc(N3CC(F)(F)C3)c(OCC3CC3)n2)C1. The van der Waals surface area contributed by atoms with Crippen LogP contribution in [0.5, 0.6) is 5.88 Å². The summed E-state index contributed by atoms with van der Waals surface area (Å²) < 4.78 is 37.6. The van der Waals surface area contributed by atoms with Crippen molar-refractivity contribution in [2.75, 3.05) is 37.7 Å². The molecule has 1 aromatic rings. The Morgan fingerprint density at radius 3 is 2.79 bits per heavy atom. The molecule has 0 radical (unpaired) electrons. The molecule has 154 valence electrons. The molecular weight excluding hydrogens is 374 g/mol. The molecule has 2 aliphatic heterocycles. The van der Waals surface area contributed by atoms with Crippen LogP contribution in [0.25, 0.3) is 0 Å². The standard InChI is InChI=1S/C18H24F2N4O4/c1-11(25)28-13-4-5-23(7-13)17(26)14-6-21-15(24-9-18(19,20)10-24)16(22-14)27-8-12-2-3-12/h6,11-13,25H,2-5,7-10H2,1H3. The number of nitrogens with zero attached hydrogens (tertiary/aromatic N) is 4. The first-order chi connectivity index (χ1) is 13.3. The molecule has 2 saturated heterocycles. The second-order valence-corrected chi connectivity index (χ2v) is 7.75. The van der Waals surface area contributed by atoms with Crippen LogP contribution in [0.4, 0.5) is 14.6 Å². The minimum absolute atomic E-state index is 0.111. The third-order valence-corrected chi connectivity index (χ3v) is 5.06. The highest BCUT2D eigenvalue weighted by Crippen LogP contribution is 2.36. The molecule has 3 aliphatic rings. The summed E-state index contributed by atoms with van der Waals surface area (Å²) in [7, 11) is 0. The number of halogens is 2. The molecule has 1 N–H and O–H groups in total. The molecule has 10 heteroatoms. The Morgan fingerprint density at radius 2 is 2.14 bits per heavy atom. The maximum atomic E-state index is 13.2. The fraction of sp³-hybridized carbons (Fsp3) is 0.722. The zero-order valence-electron chi connectivity index (χ0n) is 15.7. The van der Waals surface area contributed by atoms with Gasteiger partial charge in [0, 0.05) is 13.1 Å². The van der Waals surface area contributed by atoms with Crippen LogP contribution < -0.4 is 9.64 Å². The molecule has 3 fully saturated rings. The molecule has 28 heavy (non-hydrogen) atoms. The lowest BCUT2D eigenvalue weighted by atomic mass is 10.1. The van der Waals surface area contributed by atoms with Gasteiger partial charge >= 0.3 is 0 Å². The molecule has 0 bridgehead atoms. The van der Waals surface area contributed by atoms with Gasteiger partial charge in [0.2, 0.25) is 0 Å². The molecule has 0 spiro atoms. The van der Waals surface area contributed by atoms with E-state index in [0.717, 1.165) is 12.8 Å². The van der Waals surface area contributed by atoms with Crippen LogP contribution in [-0.2, 0) is 4.74 Å². The zero-order chi connectivity index (χ0) is 19.9. The van der Waals surface area contributed by atoms with Crippen LogP contribution in [0, 0.1) is 5.92 Å². The van der Waals surface area contributed by atoms with E-state index in [4.69, 9.17) is 9.47 Å². The Labute approximate surface area is 161 Å². The smallest absolute Gasteiger partial charge is 0.282 e. The van der Waals surface area contributed by atoms with Gasteiger partial charge in [-0.2, -0.15) is 0 Å². The predicted octanol–water partition coefficient (Wildman–Crippen LogP) is 1.29. The maximum absolute atomic E-state index is 13.2. The quantitative estimate of drug-likeness (QED) is 0.693. The van der Waals surface area contributed by atoms with E-state index in [1.54, 1.807) is 4.90 Å². The van der Waals surface area contributed by atoms with E-state index in [1.807, 2.05) is 0 Å². The van der Waals surface area contributed by atoms with Gasteiger partial charge < -0.3 is 24.4 Å². The fourth-order valence-corrected chi connectivity index (χ4v) is 3.39. The summed E-state index contributed by atoms with van der Waals surface area (Å²) in [6.07, 6.45) is 2.95. The number of aliphatic hydroxyl groups excluding tert-OH is 1. The van der Waals surface area contributed by atoms with Crippen molar-refractivity contribution in [2.45, 2.75) is 44.5 Å². The highest BCUT2D eigenvalue weighted by molar-refractivity contribution is 5.92. The number of rotatable bonds is 7. The monoisotopic (exact) mass is 398 g/mol. The van der Waals surface area contributed by atoms with E-state index in [2.05, 4.69) is 9.97 Å². The number of likely N-dealkylation sites (tertiary alicyclic amines) is 1. The summed E-state index contributed by atoms with van der Waals surface area (Å²) in [6.45, 7) is 1.94. The number of hydrogen-bond donors (Lipinski definition) is 1. The van der Waals surface area contributed by atoms with Crippen LogP contribution >= 0.6 is 0 Å². The van der Waals surface area contributed by atoms with Gasteiger partial charge in [-0.1, -0.05) is 0 Å². The Hall–Kier alpha value is -2.07. The van der Waals surface area contributed by atoms with Crippen LogP contribution in [-0.4, -0.2) is 77.0 Å². The van der Waals surface area contributed by atoms with Gasteiger partial charge in [0.25, 0.3) is 17.7 Å². The second kappa shape index (κ2) is 7.40. The van der Waals surface area contributed by atoms with Crippen LogP contribution in [0.2, 0.25) is 0 Å². The average Bonchev–Trinajstić information content (AvgIpc) is 3.34. The Balaban J connectivity index is 1.47. The van der Waals surface area contributed by atoms with Crippen molar-refractivity contribution in [1.29, 1.82) is 0 Å². The number of carbonyl (C=O) groups excluding carboxylic acids is 1. The second-order valence-electron chi connectivity index (χ2n) is 7.75. The maximum Gasteiger partial charge on any atom is 0.282 e. The molecule has 2 unspecified atom stereocenters. The van der Waals surface area contributed by atoms with Crippen LogP contribution in [0.15, 0.2) is 6.20 Å². The first-order valence-corrected chi connectivity index (χ1v) is 9.56. The van der Waals surface area contributed by atoms with Crippen molar-refractivity contribution in [1.82, 2.24) is 14.9 Å². The predicted molar refractivity (Wildman–Crippen MR) is 94.5 cm³/mol. The number of ether oxygens (including phenoxy) is 2. The Bertz CT molecular complexity index is 736. The summed E-state index contributed by atoms with van der Waals surface area (Å²) in [5.74, 6) is -2.23.